The fourth-order valence-electron chi connectivity index (χ4n) is 1.12. The summed E-state index contributed by atoms with van der Waals surface area (Å²) in [7, 11) is 0. The van der Waals surface area contributed by atoms with Crippen LogP contribution >= 0.6 is 11.3 Å². The number of aromatic nitrogens is 2. The maximum absolute atomic E-state index is 5.54. The third-order valence-electron chi connectivity index (χ3n) is 2.08. The Balaban J connectivity index is 1.99. The Labute approximate surface area is 92.8 Å². The predicted molar refractivity (Wildman–Crippen MR) is 60.2 cm³/mol. The zero-order valence-electron chi connectivity index (χ0n) is 8.73. The number of aryl methyl sites for hydroxylation is 2. The van der Waals surface area contributed by atoms with E-state index in [4.69, 9.17) is 4.74 Å². The third-order valence-corrected chi connectivity index (χ3v) is 3.06. The van der Waals surface area contributed by atoms with Crippen molar-refractivity contribution in [3.8, 4) is 5.19 Å². The Kier molecular flexibility index (Phi) is 2.97. The highest BCUT2D eigenvalue weighted by molar-refractivity contribution is 7.13. The number of nitrogens with zero attached hydrogens (tertiary/aromatic N) is 2. The van der Waals surface area contributed by atoms with E-state index in [9.17, 15) is 0 Å². The van der Waals surface area contributed by atoms with Gasteiger partial charge in [0, 0.05) is 11.1 Å². The fraction of sp³-hybridized carbons (Fsp3) is 0.273. The second kappa shape index (κ2) is 4.40. The van der Waals surface area contributed by atoms with Gasteiger partial charge in [-0.25, -0.2) is 4.98 Å². The molecule has 0 N–H and O–H groups in total. The third kappa shape index (κ3) is 2.53. The van der Waals surface area contributed by atoms with Gasteiger partial charge in [0.1, 0.15) is 6.61 Å². The van der Waals surface area contributed by atoms with E-state index < -0.39 is 0 Å². The van der Waals surface area contributed by atoms with E-state index in [2.05, 4.69) is 9.97 Å². The van der Waals surface area contributed by atoms with Gasteiger partial charge in [-0.15, -0.1) is 0 Å². The molecule has 0 radical (unpaired) electrons. The molecule has 0 aromatic carbocycles. The second-order valence-electron chi connectivity index (χ2n) is 3.23. The molecule has 78 valence electrons. The Bertz CT molecular complexity index is 420. The fourth-order valence-corrected chi connectivity index (χ4v) is 1.88. The van der Waals surface area contributed by atoms with Crippen molar-refractivity contribution >= 4 is 11.3 Å². The monoisotopic (exact) mass is 220 g/mol. The van der Waals surface area contributed by atoms with Crippen LogP contribution in [-0.4, -0.2) is 9.97 Å². The van der Waals surface area contributed by atoms with Gasteiger partial charge in [0.15, 0.2) is 0 Å². The summed E-state index contributed by atoms with van der Waals surface area (Å²) in [5.41, 5.74) is 1.96. The van der Waals surface area contributed by atoms with Crippen molar-refractivity contribution in [2.45, 2.75) is 20.5 Å². The smallest absolute Gasteiger partial charge is 0.274 e. The molecule has 0 saturated heterocycles. The van der Waals surface area contributed by atoms with Crippen molar-refractivity contribution in [3.63, 3.8) is 0 Å². The van der Waals surface area contributed by atoms with E-state index in [1.807, 2.05) is 32.0 Å². The summed E-state index contributed by atoms with van der Waals surface area (Å²) in [5.74, 6) is 0. The number of ether oxygens (including phenoxy) is 1. The molecule has 3 nitrogen and oxygen atoms in total. The second-order valence-corrected chi connectivity index (χ2v) is 4.40. The number of hydrogen-bond donors (Lipinski definition) is 0. The highest BCUT2D eigenvalue weighted by atomic mass is 32.1. The van der Waals surface area contributed by atoms with Gasteiger partial charge in [0.25, 0.3) is 5.19 Å². The van der Waals surface area contributed by atoms with Crippen LogP contribution in [0.1, 0.15) is 16.3 Å². The Morgan fingerprint density at radius 1 is 1.33 bits per heavy atom. The normalized spacial score (nSPS) is 10.3. The van der Waals surface area contributed by atoms with E-state index in [0.717, 1.165) is 16.6 Å². The first-order valence-corrected chi connectivity index (χ1v) is 5.54. The molecule has 0 aliphatic rings. The number of pyridine rings is 1. The Morgan fingerprint density at radius 2 is 2.20 bits per heavy atom. The van der Waals surface area contributed by atoms with E-state index in [1.165, 1.54) is 4.88 Å². The Morgan fingerprint density at radius 3 is 2.80 bits per heavy atom. The van der Waals surface area contributed by atoms with Crippen molar-refractivity contribution in [1.82, 2.24) is 9.97 Å². The van der Waals surface area contributed by atoms with Gasteiger partial charge in [-0.05, 0) is 26.0 Å². The number of rotatable bonds is 3. The zero-order chi connectivity index (χ0) is 10.7. The minimum atomic E-state index is 0.479. The van der Waals surface area contributed by atoms with Crippen molar-refractivity contribution in [2.24, 2.45) is 0 Å². The number of thiazole rings is 1. The summed E-state index contributed by atoms with van der Waals surface area (Å²) < 4.78 is 5.54. The van der Waals surface area contributed by atoms with Gasteiger partial charge in [0.2, 0.25) is 0 Å². The molecular formula is C11H12N2OS. The molecule has 0 spiro atoms. The maximum atomic E-state index is 5.54. The SMILES string of the molecule is Cc1nc(OCc2ccccn2)sc1C. The van der Waals surface area contributed by atoms with Crippen LogP contribution < -0.4 is 4.74 Å². The molecule has 2 heterocycles. The molecule has 0 bridgehead atoms. The Hall–Kier alpha value is -1.42. The van der Waals surface area contributed by atoms with Gasteiger partial charge in [-0.2, -0.15) is 0 Å². The first kappa shape index (κ1) is 10.1. The molecular weight excluding hydrogens is 208 g/mol. The molecule has 15 heavy (non-hydrogen) atoms. The van der Waals surface area contributed by atoms with Crippen molar-refractivity contribution in [2.75, 3.05) is 0 Å². The van der Waals surface area contributed by atoms with Crippen LogP contribution in [0.5, 0.6) is 5.19 Å². The minimum absolute atomic E-state index is 0.479. The van der Waals surface area contributed by atoms with E-state index in [1.54, 1.807) is 17.5 Å². The average Bonchev–Trinajstić information content (AvgIpc) is 2.57. The lowest BCUT2D eigenvalue weighted by Crippen LogP contribution is -1.96. The lowest BCUT2D eigenvalue weighted by molar-refractivity contribution is 0.299. The van der Waals surface area contributed by atoms with Gasteiger partial charge < -0.3 is 4.74 Å². The van der Waals surface area contributed by atoms with Crippen LogP contribution in [0.15, 0.2) is 24.4 Å². The van der Waals surface area contributed by atoms with Gasteiger partial charge >= 0.3 is 0 Å². The maximum Gasteiger partial charge on any atom is 0.274 e. The average molecular weight is 220 g/mol. The lowest BCUT2D eigenvalue weighted by Gasteiger charge is -2.00. The first-order chi connectivity index (χ1) is 7.25. The summed E-state index contributed by atoms with van der Waals surface area (Å²) in [6.45, 7) is 4.51. The van der Waals surface area contributed by atoms with Gasteiger partial charge in [-0.3, -0.25) is 4.98 Å². The van der Waals surface area contributed by atoms with E-state index in [0.29, 0.717) is 6.61 Å². The van der Waals surface area contributed by atoms with Crippen LogP contribution in [-0.2, 0) is 6.61 Å². The first-order valence-electron chi connectivity index (χ1n) is 4.72. The molecule has 4 heteroatoms. The topological polar surface area (TPSA) is 35.0 Å². The zero-order valence-corrected chi connectivity index (χ0v) is 9.54. The van der Waals surface area contributed by atoms with Gasteiger partial charge in [0.05, 0.1) is 11.4 Å². The van der Waals surface area contributed by atoms with Crippen molar-refractivity contribution in [1.29, 1.82) is 0 Å². The minimum Gasteiger partial charge on any atom is -0.464 e. The van der Waals surface area contributed by atoms with Crippen LogP contribution in [0, 0.1) is 13.8 Å². The summed E-state index contributed by atoms with van der Waals surface area (Å²) in [5, 5.41) is 0.718. The van der Waals surface area contributed by atoms with Crippen LogP contribution in [0.3, 0.4) is 0 Å². The molecule has 0 atom stereocenters. The summed E-state index contributed by atoms with van der Waals surface area (Å²) in [6.07, 6.45) is 1.76. The molecule has 2 rings (SSSR count). The lowest BCUT2D eigenvalue weighted by atomic mass is 10.4. The molecule has 2 aromatic rings. The van der Waals surface area contributed by atoms with E-state index >= 15 is 0 Å². The van der Waals surface area contributed by atoms with Crippen LogP contribution in [0.25, 0.3) is 0 Å². The quantitative estimate of drug-likeness (QED) is 0.797. The van der Waals surface area contributed by atoms with Crippen LogP contribution in [0.4, 0.5) is 0 Å². The van der Waals surface area contributed by atoms with Crippen LogP contribution in [0.2, 0.25) is 0 Å². The molecule has 2 aromatic heterocycles. The molecule has 0 unspecified atom stereocenters. The van der Waals surface area contributed by atoms with Crippen molar-refractivity contribution < 1.29 is 4.74 Å². The molecule has 0 amide bonds. The predicted octanol–water partition coefficient (Wildman–Crippen LogP) is 2.73. The largest absolute Gasteiger partial charge is 0.464 e. The van der Waals surface area contributed by atoms with E-state index in [-0.39, 0.29) is 0 Å². The molecule has 0 fully saturated rings. The highest BCUT2D eigenvalue weighted by Gasteiger charge is 2.04. The molecule has 0 aliphatic carbocycles. The highest BCUT2D eigenvalue weighted by Crippen LogP contribution is 2.23. The number of hydrogen-bond acceptors (Lipinski definition) is 4. The summed E-state index contributed by atoms with van der Waals surface area (Å²) in [4.78, 5) is 9.67. The molecule has 0 aliphatic heterocycles. The summed E-state index contributed by atoms with van der Waals surface area (Å²) in [6, 6.07) is 5.78. The summed E-state index contributed by atoms with van der Waals surface area (Å²) >= 11 is 1.57. The standard InChI is InChI=1S/C11H12N2OS/c1-8-9(2)15-11(13-8)14-7-10-5-3-4-6-12-10/h3-6H,7H2,1-2H3. The molecule has 0 saturated carbocycles. The van der Waals surface area contributed by atoms with Crippen molar-refractivity contribution in [3.05, 3.63) is 40.7 Å². The van der Waals surface area contributed by atoms with Gasteiger partial charge in [-0.1, -0.05) is 17.4 Å².